The number of ether oxygens (including phenoxy) is 1. The summed E-state index contributed by atoms with van der Waals surface area (Å²) in [7, 11) is 1.68. The molecular weight excluding hydrogens is 262 g/mol. The monoisotopic (exact) mass is 283 g/mol. The first-order valence-corrected chi connectivity index (χ1v) is 7.55. The minimum atomic E-state index is 0.138. The van der Waals surface area contributed by atoms with Crippen LogP contribution in [0.2, 0.25) is 0 Å². The summed E-state index contributed by atoms with van der Waals surface area (Å²) in [6, 6.07) is 0. The van der Waals surface area contributed by atoms with Crippen LogP contribution in [0, 0.1) is 0 Å². The molecule has 2 rings (SSSR count). The third kappa shape index (κ3) is 3.52. The molecule has 1 aliphatic heterocycles. The van der Waals surface area contributed by atoms with E-state index in [1.54, 1.807) is 7.11 Å². The van der Waals surface area contributed by atoms with Crippen molar-refractivity contribution in [1.29, 1.82) is 0 Å². The number of amides is 1. The topological polar surface area (TPSA) is 54.5 Å². The molecule has 0 bridgehead atoms. The van der Waals surface area contributed by atoms with E-state index in [0.29, 0.717) is 6.61 Å². The molecule has 0 radical (unpaired) electrons. The molecule has 1 N–H and O–H groups in total. The van der Waals surface area contributed by atoms with Crippen molar-refractivity contribution in [2.24, 2.45) is 0 Å². The highest BCUT2D eigenvalue weighted by molar-refractivity contribution is 7.13. The molecule has 0 aliphatic carbocycles. The van der Waals surface area contributed by atoms with Crippen LogP contribution in [0.3, 0.4) is 0 Å². The average Bonchev–Trinajstić information content (AvgIpc) is 2.88. The van der Waals surface area contributed by atoms with E-state index in [1.165, 1.54) is 11.3 Å². The molecule has 1 aliphatic rings. The van der Waals surface area contributed by atoms with Crippen LogP contribution < -0.4 is 5.32 Å². The lowest BCUT2D eigenvalue weighted by Gasteiger charge is -2.27. The van der Waals surface area contributed by atoms with Crippen molar-refractivity contribution in [2.45, 2.75) is 19.8 Å². The Morgan fingerprint density at radius 2 is 2.21 bits per heavy atom. The molecule has 19 heavy (non-hydrogen) atoms. The number of aromatic nitrogens is 1. The fraction of sp³-hybridized carbons (Fsp3) is 0.692. The number of piperazine rings is 1. The minimum absolute atomic E-state index is 0.138. The molecule has 2 heterocycles. The average molecular weight is 283 g/mol. The molecule has 1 amide bonds. The van der Waals surface area contributed by atoms with Gasteiger partial charge in [-0.2, -0.15) is 0 Å². The Bertz CT molecular complexity index is 428. The van der Waals surface area contributed by atoms with Crippen LogP contribution in [0.5, 0.6) is 0 Å². The standard InChI is InChI=1S/C13H21N3O2S/c1-3-10-12(19-11(15-10)4-9-18-2)13(17)16-7-5-14-6-8-16/h14H,3-9H2,1-2H3. The third-order valence-electron chi connectivity index (χ3n) is 3.20. The van der Waals surface area contributed by atoms with Crippen LogP contribution in [0.25, 0.3) is 0 Å². The number of carbonyl (C=O) groups is 1. The number of rotatable bonds is 5. The van der Waals surface area contributed by atoms with E-state index in [4.69, 9.17) is 4.74 Å². The Kier molecular flexibility index (Phi) is 5.30. The second-order valence-electron chi connectivity index (χ2n) is 4.52. The van der Waals surface area contributed by atoms with Crippen molar-refractivity contribution in [3.05, 3.63) is 15.6 Å². The summed E-state index contributed by atoms with van der Waals surface area (Å²) >= 11 is 1.52. The second kappa shape index (κ2) is 6.98. The lowest BCUT2D eigenvalue weighted by molar-refractivity contribution is 0.0739. The van der Waals surface area contributed by atoms with Gasteiger partial charge in [-0.05, 0) is 6.42 Å². The van der Waals surface area contributed by atoms with Gasteiger partial charge in [-0.3, -0.25) is 4.79 Å². The maximum absolute atomic E-state index is 12.5. The van der Waals surface area contributed by atoms with Crippen LogP contribution >= 0.6 is 11.3 Å². The second-order valence-corrected chi connectivity index (χ2v) is 5.61. The van der Waals surface area contributed by atoms with Gasteiger partial charge in [0.1, 0.15) is 4.88 Å². The summed E-state index contributed by atoms with van der Waals surface area (Å²) in [5, 5.41) is 4.26. The number of nitrogens with zero attached hydrogens (tertiary/aromatic N) is 2. The van der Waals surface area contributed by atoms with Gasteiger partial charge in [0.05, 0.1) is 17.3 Å². The highest BCUT2D eigenvalue weighted by Crippen LogP contribution is 2.22. The fourth-order valence-corrected chi connectivity index (χ4v) is 3.22. The van der Waals surface area contributed by atoms with Crippen LogP contribution in [-0.4, -0.2) is 55.7 Å². The third-order valence-corrected chi connectivity index (χ3v) is 4.34. The first kappa shape index (κ1) is 14.4. The summed E-state index contributed by atoms with van der Waals surface area (Å²) in [5.74, 6) is 0.138. The quantitative estimate of drug-likeness (QED) is 0.874. The zero-order chi connectivity index (χ0) is 13.7. The van der Waals surface area contributed by atoms with Gasteiger partial charge in [-0.1, -0.05) is 6.92 Å². The predicted molar refractivity (Wildman–Crippen MR) is 75.8 cm³/mol. The summed E-state index contributed by atoms with van der Waals surface area (Å²) in [5.41, 5.74) is 0.930. The van der Waals surface area contributed by atoms with E-state index < -0.39 is 0 Å². The van der Waals surface area contributed by atoms with E-state index in [2.05, 4.69) is 10.3 Å². The first-order valence-electron chi connectivity index (χ1n) is 6.73. The van der Waals surface area contributed by atoms with Gasteiger partial charge >= 0.3 is 0 Å². The number of nitrogens with one attached hydrogen (secondary N) is 1. The molecule has 0 atom stereocenters. The van der Waals surface area contributed by atoms with Crippen molar-refractivity contribution >= 4 is 17.2 Å². The van der Waals surface area contributed by atoms with Crippen LogP contribution in [0.15, 0.2) is 0 Å². The van der Waals surface area contributed by atoms with Gasteiger partial charge < -0.3 is 15.0 Å². The van der Waals surface area contributed by atoms with E-state index in [0.717, 1.165) is 54.6 Å². The van der Waals surface area contributed by atoms with E-state index >= 15 is 0 Å². The number of hydrogen-bond donors (Lipinski definition) is 1. The van der Waals surface area contributed by atoms with Crippen molar-refractivity contribution in [2.75, 3.05) is 39.9 Å². The normalized spacial score (nSPS) is 15.8. The Balaban J connectivity index is 2.12. The van der Waals surface area contributed by atoms with E-state index in [9.17, 15) is 4.79 Å². The largest absolute Gasteiger partial charge is 0.384 e. The minimum Gasteiger partial charge on any atom is -0.384 e. The molecule has 0 saturated carbocycles. The Labute approximate surface area is 118 Å². The summed E-state index contributed by atoms with van der Waals surface area (Å²) in [4.78, 5) is 19.8. The molecule has 1 fully saturated rings. The van der Waals surface area contributed by atoms with Crippen LogP contribution in [-0.2, 0) is 17.6 Å². The molecular formula is C13H21N3O2S. The molecule has 0 spiro atoms. The maximum atomic E-state index is 12.5. The Morgan fingerprint density at radius 1 is 1.47 bits per heavy atom. The number of methoxy groups -OCH3 is 1. The summed E-state index contributed by atoms with van der Waals surface area (Å²) in [6.45, 7) is 6.02. The Morgan fingerprint density at radius 3 is 2.84 bits per heavy atom. The highest BCUT2D eigenvalue weighted by atomic mass is 32.1. The summed E-state index contributed by atoms with van der Waals surface area (Å²) < 4.78 is 5.07. The molecule has 1 aromatic heterocycles. The van der Waals surface area contributed by atoms with Crippen molar-refractivity contribution in [3.8, 4) is 0 Å². The fourth-order valence-electron chi connectivity index (χ4n) is 2.12. The lowest BCUT2D eigenvalue weighted by Crippen LogP contribution is -2.46. The molecule has 0 aromatic carbocycles. The maximum Gasteiger partial charge on any atom is 0.265 e. The number of thiazole rings is 1. The van der Waals surface area contributed by atoms with Gasteiger partial charge in [0.2, 0.25) is 0 Å². The molecule has 106 valence electrons. The SMILES string of the molecule is CCc1nc(CCOC)sc1C(=O)N1CCNCC1. The number of carbonyl (C=O) groups excluding carboxylic acids is 1. The predicted octanol–water partition coefficient (Wildman–Crippen LogP) is 0.940. The first-order chi connectivity index (χ1) is 9.26. The molecule has 6 heteroatoms. The van der Waals surface area contributed by atoms with Crippen molar-refractivity contribution < 1.29 is 9.53 Å². The van der Waals surface area contributed by atoms with E-state index in [1.807, 2.05) is 11.8 Å². The van der Waals surface area contributed by atoms with Gasteiger partial charge in [0.25, 0.3) is 5.91 Å². The molecule has 0 unspecified atom stereocenters. The van der Waals surface area contributed by atoms with Crippen molar-refractivity contribution in [1.82, 2.24) is 15.2 Å². The summed E-state index contributed by atoms with van der Waals surface area (Å²) in [6.07, 6.45) is 1.58. The molecule has 1 aromatic rings. The smallest absolute Gasteiger partial charge is 0.265 e. The zero-order valence-electron chi connectivity index (χ0n) is 11.6. The number of aryl methyl sites for hydroxylation is 1. The van der Waals surface area contributed by atoms with Gasteiger partial charge in [-0.25, -0.2) is 4.98 Å². The highest BCUT2D eigenvalue weighted by Gasteiger charge is 2.23. The van der Waals surface area contributed by atoms with E-state index in [-0.39, 0.29) is 5.91 Å². The number of hydrogen-bond acceptors (Lipinski definition) is 5. The molecule has 1 saturated heterocycles. The van der Waals surface area contributed by atoms with Gasteiger partial charge in [0.15, 0.2) is 0 Å². The van der Waals surface area contributed by atoms with Crippen molar-refractivity contribution in [3.63, 3.8) is 0 Å². The Hall–Kier alpha value is -0.980. The lowest BCUT2D eigenvalue weighted by atomic mass is 10.2. The molecule has 5 nitrogen and oxygen atoms in total. The van der Waals surface area contributed by atoms with Gasteiger partial charge in [0, 0.05) is 39.7 Å². The zero-order valence-corrected chi connectivity index (χ0v) is 12.4. The van der Waals surface area contributed by atoms with Crippen LogP contribution in [0.4, 0.5) is 0 Å². The van der Waals surface area contributed by atoms with Crippen LogP contribution in [0.1, 0.15) is 27.3 Å². The van der Waals surface area contributed by atoms with Gasteiger partial charge in [-0.15, -0.1) is 11.3 Å².